The van der Waals surface area contributed by atoms with Gasteiger partial charge in [0.1, 0.15) is 8.07 Å². The van der Waals surface area contributed by atoms with E-state index in [0.29, 0.717) is 0 Å². The fraction of sp³-hybridized carbons (Fsp3) is 0.375. The molecule has 0 saturated carbocycles. The largest absolute Gasteiger partial charge is 0.266 e. The van der Waals surface area contributed by atoms with Gasteiger partial charge < -0.3 is 0 Å². The molecule has 11 heavy (non-hydrogen) atoms. The Balaban J connectivity index is 2.93. The summed E-state index contributed by atoms with van der Waals surface area (Å²) in [5.74, 6) is 0. The summed E-state index contributed by atoms with van der Waals surface area (Å²) in [4.78, 5) is 4.38. The van der Waals surface area contributed by atoms with Crippen LogP contribution in [-0.2, 0) is 0 Å². The van der Waals surface area contributed by atoms with Gasteiger partial charge in [0.25, 0.3) is 0 Å². The second kappa shape index (κ2) is 3.67. The quantitative estimate of drug-likeness (QED) is 0.457. The van der Waals surface area contributed by atoms with Crippen molar-refractivity contribution >= 4 is 36.0 Å². The van der Waals surface area contributed by atoms with Crippen LogP contribution >= 0.6 is 22.6 Å². The molecule has 0 radical (unpaired) electrons. The van der Waals surface area contributed by atoms with Crippen LogP contribution in [0.15, 0.2) is 24.4 Å². The Morgan fingerprint density at radius 2 is 2.18 bits per heavy atom. The van der Waals surface area contributed by atoms with E-state index in [-0.39, 0.29) is 0 Å². The molecule has 0 aromatic carbocycles. The summed E-state index contributed by atoms with van der Waals surface area (Å²) in [6.07, 6.45) is 1.89. The van der Waals surface area contributed by atoms with E-state index in [9.17, 15) is 0 Å². The second-order valence-electron chi connectivity index (χ2n) is 3.23. The van der Waals surface area contributed by atoms with E-state index in [4.69, 9.17) is 0 Å². The molecule has 0 atom stereocenters. The molecule has 0 aliphatic rings. The van der Waals surface area contributed by atoms with Crippen molar-refractivity contribution < 1.29 is 0 Å². The number of aromatic nitrogens is 1. The molecule has 0 saturated heterocycles. The first kappa shape index (κ1) is 9.19. The van der Waals surface area contributed by atoms with E-state index in [1.54, 1.807) is 0 Å². The average Bonchev–Trinajstić information content (AvgIpc) is 2.06. The van der Waals surface area contributed by atoms with Gasteiger partial charge in [-0.25, -0.2) is 0 Å². The lowest BCUT2D eigenvalue weighted by atomic mass is 10.5. The molecule has 0 amide bonds. The fourth-order valence-electron chi connectivity index (χ4n) is 0.832. The van der Waals surface area contributed by atoms with Crippen molar-refractivity contribution in [2.24, 2.45) is 0 Å². The highest BCUT2D eigenvalue weighted by molar-refractivity contribution is 14.1. The Morgan fingerprint density at radius 1 is 1.45 bits per heavy atom. The molecule has 0 spiro atoms. The second-order valence-corrected chi connectivity index (χ2v) is 10.1. The van der Waals surface area contributed by atoms with Gasteiger partial charge in [0.2, 0.25) is 0 Å². The van der Waals surface area contributed by atoms with Crippen molar-refractivity contribution in [3.05, 3.63) is 24.4 Å². The molecule has 0 fully saturated rings. The summed E-state index contributed by atoms with van der Waals surface area (Å²) in [7, 11) is -1.18. The summed E-state index contributed by atoms with van der Waals surface area (Å²) < 4.78 is 1.24. The zero-order chi connectivity index (χ0) is 8.32. The van der Waals surface area contributed by atoms with Crippen molar-refractivity contribution in [1.82, 2.24) is 4.98 Å². The minimum absolute atomic E-state index is 1.18. The molecule has 0 aliphatic heterocycles. The highest BCUT2D eigenvalue weighted by atomic mass is 127. The first-order valence-corrected chi connectivity index (χ1v) is 8.37. The van der Waals surface area contributed by atoms with Gasteiger partial charge in [-0.2, -0.15) is 0 Å². The SMILES string of the molecule is C[Si](C)(CI)c1ccccn1. The molecule has 0 N–H and O–H groups in total. The molecular formula is C8H12INSi. The lowest BCUT2D eigenvalue weighted by molar-refractivity contribution is 1.36. The van der Waals surface area contributed by atoms with Crippen LogP contribution in [0.2, 0.25) is 13.1 Å². The van der Waals surface area contributed by atoms with Gasteiger partial charge in [-0.1, -0.05) is 41.8 Å². The number of pyridine rings is 1. The summed E-state index contributed by atoms with van der Waals surface area (Å²) >= 11 is 2.46. The maximum atomic E-state index is 4.38. The standard InChI is InChI=1S/C8H12INSi/c1-11(2,7-9)8-5-3-4-6-10-8/h3-6H,7H2,1-2H3. The number of halogens is 1. The lowest BCUT2D eigenvalue weighted by Crippen LogP contribution is -2.45. The monoisotopic (exact) mass is 277 g/mol. The molecule has 0 bridgehead atoms. The van der Waals surface area contributed by atoms with Crippen molar-refractivity contribution in [2.45, 2.75) is 13.1 Å². The molecule has 3 heteroatoms. The Hall–Kier alpha value is 0.0969. The summed E-state index contributed by atoms with van der Waals surface area (Å²) in [5, 5.41) is 1.31. The van der Waals surface area contributed by atoms with Gasteiger partial charge >= 0.3 is 0 Å². The van der Waals surface area contributed by atoms with Crippen LogP contribution in [0, 0.1) is 0 Å². The first-order valence-electron chi connectivity index (χ1n) is 3.64. The number of hydrogen-bond donors (Lipinski definition) is 0. The van der Waals surface area contributed by atoms with E-state index < -0.39 is 8.07 Å². The summed E-state index contributed by atoms with van der Waals surface area (Å²) in [6, 6.07) is 6.19. The van der Waals surface area contributed by atoms with Crippen molar-refractivity contribution in [3.63, 3.8) is 0 Å². The maximum Gasteiger partial charge on any atom is 0.114 e. The molecule has 1 nitrogen and oxygen atoms in total. The van der Waals surface area contributed by atoms with Gasteiger partial charge in [-0.15, -0.1) is 0 Å². The van der Waals surface area contributed by atoms with Crippen LogP contribution in [0.4, 0.5) is 0 Å². The molecule has 1 aromatic rings. The van der Waals surface area contributed by atoms with Crippen LogP contribution in [0.1, 0.15) is 0 Å². The third-order valence-corrected chi connectivity index (χ3v) is 9.76. The van der Waals surface area contributed by atoms with E-state index in [1.807, 2.05) is 12.3 Å². The molecule has 1 rings (SSSR count). The lowest BCUT2D eigenvalue weighted by Gasteiger charge is -2.17. The van der Waals surface area contributed by atoms with Gasteiger partial charge in [0, 0.05) is 15.6 Å². The Morgan fingerprint density at radius 3 is 2.64 bits per heavy atom. The Bertz CT molecular complexity index is 223. The number of alkyl halides is 1. The van der Waals surface area contributed by atoms with Crippen molar-refractivity contribution in [1.29, 1.82) is 0 Å². The summed E-state index contributed by atoms with van der Waals surface area (Å²) in [6.45, 7) is 4.70. The predicted molar refractivity (Wildman–Crippen MR) is 60.2 cm³/mol. The van der Waals surface area contributed by atoms with Crippen LogP contribution in [-0.4, -0.2) is 17.1 Å². The average molecular weight is 277 g/mol. The number of rotatable bonds is 2. The van der Waals surface area contributed by atoms with Crippen LogP contribution in [0.3, 0.4) is 0 Å². The number of hydrogen-bond acceptors (Lipinski definition) is 1. The highest BCUT2D eigenvalue weighted by Crippen LogP contribution is 2.04. The topological polar surface area (TPSA) is 12.9 Å². The molecule has 0 aliphatic carbocycles. The Labute approximate surface area is 82.4 Å². The molecule has 1 aromatic heterocycles. The van der Waals surface area contributed by atoms with Crippen LogP contribution in [0.5, 0.6) is 0 Å². The smallest absolute Gasteiger partial charge is 0.114 e. The van der Waals surface area contributed by atoms with Gasteiger partial charge in [0.05, 0.1) is 0 Å². The van der Waals surface area contributed by atoms with Crippen LogP contribution in [0.25, 0.3) is 0 Å². The van der Waals surface area contributed by atoms with E-state index in [0.717, 1.165) is 0 Å². The van der Waals surface area contributed by atoms with E-state index in [2.05, 4.69) is 52.8 Å². The maximum absolute atomic E-state index is 4.38. The van der Waals surface area contributed by atoms with E-state index in [1.165, 1.54) is 9.37 Å². The number of nitrogens with zero attached hydrogens (tertiary/aromatic N) is 1. The van der Waals surface area contributed by atoms with E-state index >= 15 is 0 Å². The molecule has 1 heterocycles. The molecular weight excluding hydrogens is 265 g/mol. The first-order chi connectivity index (χ1) is 5.17. The normalized spacial score (nSPS) is 11.5. The van der Waals surface area contributed by atoms with Crippen molar-refractivity contribution in [2.75, 3.05) is 4.05 Å². The van der Waals surface area contributed by atoms with Gasteiger partial charge in [0.15, 0.2) is 0 Å². The zero-order valence-electron chi connectivity index (χ0n) is 6.84. The van der Waals surface area contributed by atoms with Crippen LogP contribution < -0.4 is 5.32 Å². The molecule has 60 valence electrons. The Kier molecular flexibility index (Phi) is 3.06. The van der Waals surface area contributed by atoms with Gasteiger partial charge in [-0.05, 0) is 12.1 Å². The highest BCUT2D eigenvalue weighted by Gasteiger charge is 2.22. The zero-order valence-corrected chi connectivity index (χ0v) is 10.00. The van der Waals surface area contributed by atoms with Crippen molar-refractivity contribution in [3.8, 4) is 0 Å². The minimum Gasteiger partial charge on any atom is -0.266 e. The molecule has 0 unspecified atom stereocenters. The third-order valence-electron chi connectivity index (χ3n) is 1.69. The van der Waals surface area contributed by atoms with Gasteiger partial charge in [-0.3, -0.25) is 4.98 Å². The predicted octanol–water partition coefficient (Wildman–Crippen LogP) is 1.97. The third kappa shape index (κ3) is 2.26. The fourth-order valence-corrected chi connectivity index (χ4v) is 3.11. The summed E-state index contributed by atoms with van der Waals surface area (Å²) in [5.41, 5.74) is 0. The minimum atomic E-state index is -1.18.